The van der Waals surface area contributed by atoms with E-state index in [-0.39, 0.29) is 18.0 Å². The van der Waals surface area contributed by atoms with Crippen LogP contribution in [0, 0.1) is 11.8 Å². The van der Waals surface area contributed by atoms with Crippen LogP contribution in [0.2, 0.25) is 0 Å². The van der Waals surface area contributed by atoms with Crippen LogP contribution < -0.4 is 10.2 Å². The largest absolute Gasteiger partial charge is 0.333 e. The third-order valence-electron chi connectivity index (χ3n) is 4.68. The van der Waals surface area contributed by atoms with Gasteiger partial charge < -0.3 is 15.1 Å². The highest BCUT2D eigenvalue weighted by molar-refractivity contribution is 5.96. The predicted molar refractivity (Wildman–Crippen MR) is 90.2 cm³/mol. The number of hydrogen-bond donors (Lipinski definition) is 1. The first-order valence-corrected chi connectivity index (χ1v) is 8.43. The van der Waals surface area contributed by atoms with E-state index in [1.165, 1.54) is 6.42 Å². The fourth-order valence-corrected chi connectivity index (χ4v) is 3.76. The molecule has 124 valence electrons. The minimum Gasteiger partial charge on any atom is -0.333 e. The molecule has 1 N–H and O–H groups in total. The van der Waals surface area contributed by atoms with Crippen molar-refractivity contribution in [3.63, 3.8) is 0 Å². The highest BCUT2D eigenvalue weighted by Gasteiger charge is 2.33. The van der Waals surface area contributed by atoms with Crippen LogP contribution in [0.3, 0.4) is 0 Å². The normalized spacial score (nSPS) is 28.1. The number of anilines is 1. The van der Waals surface area contributed by atoms with Gasteiger partial charge in [0.1, 0.15) is 0 Å². The number of amides is 3. The number of carbonyl (C=O) groups is 2. The van der Waals surface area contributed by atoms with Gasteiger partial charge in [-0.05, 0) is 30.4 Å². The summed E-state index contributed by atoms with van der Waals surface area (Å²) in [6.07, 6.45) is 1.55. The number of carbonyl (C=O) groups excluding carboxylic acids is 2. The Kier molecular flexibility index (Phi) is 4.55. The first-order chi connectivity index (χ1) is 11.0. The first-order valence-electron chi connectivity index (χ1n) is 8.43. The molecule has 3 atom stereocenters. The van der Waals surface area contributed by atoms with Gasteiger partial charge in [-0.2, -0.15) is 0 Å². The third-order valence-corrected chi connectivity index (χ3v) is 4.68. The van der Waals surface area contributed by atoms with Gasteiger partial charge in [0.2, 0.25) is 5.91 Å². The molecule has 1 aromatic rings. The molecule has 2 aliphatic rings. The van der Waals surface area contributed by atoms with Crippen LogP contribution in [0.25, 0.3) is 0 Å². The van der Waals surface area contributed by atoms with E-state index in [2.05, 4.69) is 19.2 Å². The Hall–Kier alpha value is -2.04. The minimum atomic E-state index is -0.109. The maximum absolute atomic E-state index is 12.5. The Labute approximate surface area is 137 Å². The van der Waals surface area contributed by atoms with E-state index in [0.29, 0.717) is 24.8 Å². The van der Waals surface area contributed by atoms with Crippen molar-refractivity contribution in [1.29, 1.82) is 0 Å². The maximum atomic E-state index is 12.5. The van der Waals surface area contributed by atoms with Crippen molar-refractivity contribution in [3.8, 4) is 0 Å². The lowest BCUT2D eigenvalue weighted by Gasteiger charge is -2.35. The summed E-state index contributed by atoms with van der Waals surface area (Å²) in [6.45, 7) is 6.53. The van der Waals surface area contributed by atoms with Crippen molar-refractivity contribution in [2.45, 2.75) is 32.7 Å². The van der Waals surface area contributed by atoms with E-state index in [0.717, 1.165) is 18.8 Å². The summed E-state index contributed by atoms with van der Waals surface area (Å²) < 4.78 is 0. The topological polar surface area (TPSA) is 52.7 Å². The molecule has 0 saturated carbocycles. The molecule has 3 rings (SSSR count). The van der Waals surface area contributed by atoms with Crippen molar-refractivity contribution < 1.29 is 9.59 Å². The van der Waals surface area contributed by atoms with Crippen LogP contribution in [0.15, 0.2) is 30.3 Å². The Morgan fingerprint density at radius 3 is 2.39 bits per heavy atom. The molecule has 0 aliphatic carbocycles. The minimum absolute atomic E-state index is 0.0314. The van der Waals surface area contributed by atoms with Crippen LogP contribution >= 0.6 is 0 Å². The molecule has 0 aromatic heterocycles. The van der Waals surface area contributed by atoms with Crippen molar-refractivity contribution in [3.05, 3.63) is 30.3 Å². The maximum Gasteiger partial charge on any atom is 0.317 e. The standard InChI is InChI=1S/C18H25N3O2/c1-13-8-14(2)11-20(10-13)18(23)19-15-9-17(22)21(12-15)16-6-4-3-5-7-16/h3-7,13-15H,8-12H2,1-2H3,(H,19,23)/t13-,14-,15-/m1/s1. The SMILES string of the molecule is C[C@@H]1C[C@@H](C)CN(C(=O)N[C@@H]2CC(=O)N(c3ccccc3)C2)C1. The van der Waals surface area contributed by atoms with E-state index < -0.39 is 0 Å². The van der Waals surface area contributed by atoms with Gasteiger partial charge in [-0.1, -0.05) is 32.0 Å². The van der Waals surface area contributed by atoms with Crippen molar-refractivity contribution >= 4 is 17.6 Å². The number of nitrogens with one attached hydrogen (secondary N) is 1. The summed E-state index contributed by atoms with van der Waals surface area (Å²) >= 11 is 0. The number of nitrogens with zero attached hydrogens (tertiary/aromatic N) is 2. The number of hydrogen-bond acceptors (Lipinski definition) is 2. The average molecular weight is 315 g/mol. The predicted octanol–water partition coefficient (Wildman–Crippen LogP) is 2.48. The molecule has 3 amide bonds. The monoisotopic (exact) mass is 315 g/mol. The summed E-state index contributed by atoms with van der Waals surface area (Å²) in [7, 11) is 0. The number of likely N-dealkylation sites (tertiary alicyclic amines) is 1. The number of piperidine rings is 1. The molecule has 2 saturated heterocycles. The fraction of sp³-hybridized carbons (Fsp3) is 0.556. The Morgan fingerprint density at radius 2 is 1.74 bits per heavy atom. The quantitative estimate of drug-likeness (QED) is 0.911. The van der Waals surface area contributed by atoms with Crippen LogP contribution in [0.4, 0.5) is 10.5 Å². The summed E-state index contributed by atoms with van der Waals surface area (Å²) in [6, 6.07) is 9.49. The molecular formula is C18H25N3O2. The van der Waals surface area contributed by atoms with E-state index in [1.54, 1.807) is 4.90 Å². The number of urea groups is 1. The lowest BCUT2D eigenvalue weighted by Crippen LogP contribution is -2.50. The average Bonchev–Trinajstić information content (AvgIpc) is 2.87. The molecular weight excluding hydrogens is 290 g/mol. The molecule has 2 aliphatic heterocycles. The van der Waals surface area contributed by atoms with Gasteiger partial charge >= 0.3 is 6.03 Å². The van der Waals surface area contributed by atoms with Crippen LogP contribution in [0.1, 0.15) is 26.7 Å². The van der Waals surface area contributed by atoms with Gasteiger partial charge in [-0.15, -0.1) is 0 Å². The molecule has 5 heteroatoms. The van der Waals surface area contributed by atoms with Gasteiger partial charge in [0.05, 0.1) is 6.04 Å². The zero-order valence-corrected chi connectivity index (χ0v) is 13.9. The van der Waals surface area contributed by atoms with Gasteiger partial charge in [-0.25, -0.2) is 4.79 Å². The Balaban J connectivity index is 1.59. The smallest absolute Gasteiger partial charge is 0.317 e. The summed E-state index contributed by atoms with van der Waals surface area (Å²) in [5, 5.41) is 3.04. The molecule has 2 heterocycles. The van der Waals surface area contributed by atoms with E-state index in [1.807, 2.05) is 35.2 Å². The molecule has 0 radical (unpaired) electrons. The second kappa shape index (κ2) is 6.60. The lowest BCUT2D eigenvalue weighted by atomic mass is 9.92. The molecule has 5 nitrogen and oxygen atoms in total. The van der Waals surface area contributed by atoms with E-state index in [4.69, 9.17) is 0 Å². The van der Waals surface area contributed by atoms with Gasteiger partial charge in [0.15, 0.2) is 0 Å². The Morgan fingerprint density at radius 1 is 1.09 bits per heavy atom. The van der Waals surface area contributed by atoms with Crippen LogP contribution in [-0.2, 0) is 4.79 Å². The lowest BCUT2D eigenvalue weighted by molar-refractivity contribution is -0.117. The molecule has 0 unspecified atom stereocenters. The number of para-hydroxylation sites is 1. The molecule has 2 fully saturated rings. The number of rotatable bonds is 2. The molecule has 1 aromatic carbocycles. The fourth-order valence-electron chi connectivity index (χ4n) is 3.76. The Bertz CT molecular complexity index is 565. The van der Waals surface area contributed by atoms with Gasteiger partial charge in [0.25, 0.3) is 0 Å². The zero-order valence-electron chi connectivity index (χ0n) is 13.9. The highest BCUT2D eigenvalue weighted by Crippen LogP contribution is 2.23. The van der Waals surface area contributed by atoms with Crippen molar-refractivity contribution in [2.75, 3.05) is 24.5 Å². The van der Waals surface area contributed by atoms with Crippen LogP contribution in [-0.4, -0.2) is 42.5 Å². The van der Waals surface area contributed by atoms with Crippen molar-refractivity contribution in [1.82, 2.24) is 10.2 Å². The highest BCUT2D eigenvalue weighted by atomic mass is 16.2. The summed E-state index contributed by atoms with van der Waals surface area (Å²) in [5.74, 6) is 1.15. The molecule has 0 spiro atoms. The van der Waals surface area contributed by atoms with Crippen molar-refractivity contribution in [2.24, 2.45) is 11.8 Å². The van der Waals surface area contributed by atoms with E-state index >= 15 is 0 Å². The van der Waals surface area contributed by atoms with Gasteiger partial charge in [0, 0.05) is 31.7 Å². The second-order valence-corrected chi connectivity index (χ2v) is 7.04. The van der Waals surface area contributed by atoms with E-state index in [9.17, 15) is 9.59 Å². The number of benzene rings is 1. The van der Waals surface area contributed by atoms with Gasteiger partial charge in [-0.3, -0.25) is 4.79 Å². The zero-order chi connectivity index (χ0) is 16.4. The first kappa shape index (κ1) is 15.8. The molecule has 0 bridgehead atoms. The third kappa shape index (κ3) is 3.66. The second-order valence-electron chi connectivity index (χ2n) is 7.04. The molecule has 23 heavy (non-hydrogen) atoms. The summed E-state index contributed by atoms with van der Waals surface area (Å²) in [4.78, 5) is 28.3. The van der Waals surface area contributed by atoms with Crippen LogP contribution in [0.5, 0.6) is 0 Å². The summed E-state index contributed by atoms with van der Waals surface area (Å²) in [5.41, 5.74) is 0.898.